The molecule has 0 bridgehead atoms. The van der Waals surface area contributed by atoms with Gasteiger partial charge in [0, 0.05) is 13.1 Å². The Hall–Kier alpha value is -0.590. The molecular weight excluding hydrogens is 317 g/mol. The van der Waals surface area contributed by atoms with E-state index in [1.165, 1.54) is 12.7 Å². The molecule has 2 rings (SSSR count). The number of hydrogen-bond acceptors (Lipinski definition) is 3. The van der Waals surface area contributed by atoms with Gasteiger partial charge in [0.1, 0.15) is 9.39 Å². The van der Waals surface area contributed by atoms with Gasteiger partial charge in [-0.3, -0.25) is 4.79 Å². The SMILES string of the molecule is CC1(C)CCCN(c2nc[nH]c(=O)c2I)C1. The maximum Gasteiger partial charge on any atom is 0.266 e. The van der Waals surface area contributed by atoms with Crippen LogP contribution in [0.3, 0.4) is 0 Å². The molecule has 5 heteroatoms. The van der Waals surface area contributed by atoms with Crippen LogP contribution in [0.2, 0.25) is 0 Å². The molecule has 1 N–H and O–H groups in total. The van der Waals surface area contributed by atoms with E-state index in [1.54, 1.807) is 0 Å². The third kappa shape index (κ3) is 2.39. The zero-order chi connectivity index (χ0) is 11.8. The Balaban J connectivity index is 2.31. The van der Waals surface area contributed by atoms with Gasteiger partial charge in [-0.05, 0) is 40.8 Å². The molecule has 16 heavy (non-hydrogen) atoms. The Morgan fingerprint density at radius 3 is 3.00 bits per heavy atom. The van der Waals surface area contributed by atoms with Crippen molar-refractivity contribution in [3.8, 4) is 0 Å². The number of anilines is 1. The fourth-order valence-electron chi connectivity index (χ4n) is 2.20. The van der Waals surface area contributed by atoms with E-state index in [2.05, 4.69) is 51.3 Å². The van der Waals surface area contributed by atoms with Crippen molar-refractivity contribution >= 4 is 28.4 Å². The standard InChI is InChI=1S/C11H16IN3O/c1-11(2)4-3-5-15(6-11)9-8(12)10(16)14-7-13-9/h7H,3-6H2,1-2H3,(H,13,14,16). The number of nitrogens with one attached hydrogen (secondary N) is 1. The highest BCUT2D eigenvalue weighted by Crippen LogP contribution is 2.31. The van der Waals surface area contributed by atoms with Crippen molar-refractivity contribution in [3.05, 3.63) is 20.3 Å². The Labute approximate surface area is 109 Å². The number of piperidine rings is 1. The second kappa shape index (κ2) is 4.35. The molecule has 0 aliphatic carbocycles. The molecule has 1 aliphatic rings. The first-order valence-electron chi connectivity index (χ1n) is 5.48. The van der Waals surface area contributed by atoms with E-state index in [4.69, 9.17) is 0 Å². The smallest absolute Gasteiger partial charge is 0.266 e. The van der Waals surface area contributed by atoms with Crippen molar-refractivity contribution in [1.29, 1.82) is 0 Å². The van der Waals surface area contributed by atoms with Crippen molar-refractivity contribution < 1.29 is 0 Å². The number of halogens is 1. The molecule has 0 amide bonds. The van der Waals surface area contributed by atoms with Gasteiger partial charge in [-0.2, -0.15) is 0 Å². The first kappa shape index (κ1) is 11.9. The van der Waals surface area contributed by atoms with E-state index >= 15 is 0 Å². The second-order valence-corrected chi connectivity index (χ2v) is 6.14. The molecule has 1 fully saturated rings. The van der Waals surface area contributed by atoms with Crippen molar-refractivity contribution in [2.75, 3.05) is 18.0 Å². The summed E-state index contributed by atoms with van der Waals surface area (Å²) < 4.78 is 0.692. The van der Waals surface area contributed by atoms with Crippen LogP contribution in [0.5, 0.6) is 0 Å². The van der Waals surface area contributed by atoms with Gasteiger partial charge in [0.25, 0.3) is 5.56 Å². The molecule has 0 radical (unpaired) electrons. The molecule has 1 aromatic rings. The van der Waals surface area contributed by atoms with E-state index in [9.17, 15) is 4.79 Å². The zero-order valence-corrected chi connectivity index (χ0v) is 11.7. The van der Waals surface area contributed by atoms with Crippen LogP contribution in [0, 0.1) is 8.99 Å². The quantitative estimate of drug-likeness (QED) is 0.800. The van der Waals surface area contributed by atoms with E-state index in [1.807, 2.05) is 0 Å². The number of aromatic nitrogens is 2. The summed E-state index contributed by atoms with van der Waals surface area (Å²) in [6.45, 7) is 6.49. The van der Waals surface area contributed by atoms with Crippen LogP contribution in [-0.2, 0) is 0 Å². The minimum atomic E-state index is -0.0472. The number of H-pyrrole nitrogens is 1. The van der Waals surface area contributed by atoms with Gasteiger partial charge in [-0.15, -0.1) is 0 Å². The van der Waals surface area contributed by atoms with E-state index in [-0.39, 0.29) is 5.56 Å². The number of hydrogen-bond donors (Lipinski definition) is 1. The van der Waals surface area contributed by atoms with Gasteiger partial charge in [-0.25, -0.2) is 4.98 Å². The summed E-state index contributed by atoms with van der Waals surface area (Å²) >= 11 is 2.07. The predicted octanol–water partition coefficient (Wildman–Crippen LogP) is 2.00. The molecule has 0 aromatic carbocycles. The molecule has 88 valence electrons. The molecule has 0 atom stereocenters. The lowest BCUT2D eigenvalue weighted by Crippen LogP contribution is -2.41. The fraction of sp³-hybridized carbons (Fsp3) is 0.636. The van der Waals surface area contributed by atoms with Crippen LogP contribution in [0.1, 0.15) is 26.7 Å². The molecule has 0 saturated carbocycles. The molecule has 1 aromatic heterocycles. The highest BCUT2D eigenvalue weighted by molar-refractivity contribution is 14.1. The van der Waals surface area contributed by atoms with Gasteiger partial charge in [0.05, 0.1) is 6.33 Å². The molecule has 1 saturated heterocycles. The van der Waals surface area contributed by atoms with Gasteiger partial charge in [-0.1, -0.05) is 13.8 Å². The summed E-state index contributed by atoms with van der Waals surface area (Å²) in [6, 6.07) is 0. The number of rotatable bonds is 1. The average Bonchev–Trinajstić information content (AvgIpc) is 2.20. The molecule has 2 heterocycles. The van der Waals surface area contributed by atoms with Crippen LogP contribution in [-0.4, -0.2) is 23.1 Å². The van der Waals surface area contributed by atoms with Crippen molar-refractivity contribution in [3.63, 3.8) is 0 Å². The average molecular weight is 333 g/mol. The number of nitrogens with zero attached hydrogens (tertiary/aromatic N) is 2. The van der Waals surface area contributed by atoms with Crippen LogP contribution in [0.25, 0.3) is 0 Å². The summed E-state index contributed by atoms with van der Waals surface area (Å²) in [7, 11) is 0. The summed E-state index contributed by atoms with van der Waals surface area (Å²) in [5.41, 5.74) is 0.264. The Kier molecular flexibility index (Phi) is 3.23. The van der Waals surface area contributed by atoms with Gasteiger partial charge in [0.15, 0.2) is 0 Å². The monoisotopic (exact) mass is 333 g/mol. The molecule has 0 unspecified atom stereocenters. The summed E-state index contributed by atoms with van der Waals surface area (Å²) in [4.78, 5) is 20.6. The van der Waals surface area contributed by atoms with Crippen LogP contribution in [0.15, 0.2) is 11.1 Å². The fourth-order valence-corrected chi connectivity index (χ4v) is 2.83. The van der Waals surface area contributed by atoms with Crippen LogP contribution in [0.4, 0.5) is 5.82 Å². The highest BCUT2D eigenvalue weighted by atomic mass is 127. The number of aromatic amines is 1. The van der Waals surface area contributed by atoms with E-state index in [0.717, 1.165) is 25.3 Å². The first-order valence-corrected chi connectivity index (χ1v) is 6.56. The first-order chi connectivity index (χ1) is 7.49. The molecule has 4 nitrogen and oxygen atoms in total. The minimum absolute atomic E-state index is 0.0472. The second-order valence-electron chi connectivity index (χ2n) is 5.06. The highest BCUT2D eigenvalue weighted by Gasteiger charge is 2.28. The van der Waals surface area contributed by atoms with E-state index < -0.39 is 0 Å². The van der Waals surface area contributed by atoms with Crippen LogP contribution < -0.4 is 10.5 Å². The zero-order valence-electron chi connectivity index (χ0n) is 9.59. The maximum atomic E-state index is 11.5. The lowest BCUT2D eigenvalue weighted by atomic mass is 9.84. The lowest BCUT2D eigenvalue weighted by Gasteiger charge is -2.38. The summed E-state index contributed by atoms with van der Waals surface area (Å²) in [5, 5.41) is 0. The largest absolute Gasteiger partial charge is 0.355 e. The Morgan fingerprint density at radius 1 is 1.56 bits per heavy atom. The molecule has 1 aliphatic heterocycles. The Bertz CT molecular complexity index is 441. The van der Waals surface area contributed by atoms with Crippen LogP contribution >= 0.6 is 22.6 Å². The summed E-state index contributed by atoms with van der Waals surface area (Å²) in [6.07, 6.45) is 3.89. The lowest BCUT2D eigenvalue weighted by molar-refractivity contribution is 0.292. The third-order valence-electron chi connectivity index (χ3n) is 2.98. The minimum Gasteiger partial charge on any atom is -0.355 e. The van der Waals surface area contributed by atoms with E-state index in [0.29, 0.717) is 8.99 Å². The van der Waals surface area contributed by atoms with Crippen molar-refractivity contribution in [1.82, 2.24) is 9.97 Å². The third-order valence-corrected chi connectivity index (χ3v) is 3.95. The van der Waals surface area contributed by atoms with Gasteiger partial charge < -0.3 is 9.88 Å². The maximum absolute atomic E-state index is 11.5. The molecule has 0 spiro atoms. The normalized spacial score (nSPS) is 19.8. The van der Waals surface area contributed by atoms with Gasteiger partial charge in [0.2, 0.25) is 0 Å². The summed E-state index contributed by atoms with van der Waals surface area (Å²) in [5.74, 6) is 0.831. The topological polar surface area (TPSA) is 49.0 Å². The van der Waals surface area contributed by atoms with Crippen molar-refractivity contribution in [2.24, 2.45) is 5.41 Å². The van der Waals surface area contributed by atoms with Crippen molar-refractivity contribution in [2.45, 2.75) is 26.7 Å². The Morgan fingerprint density at radius 2 is 2.31 bits per heavy atom. The van der Waals surface area contributed by atoms with Gasteiger partial charge >= 0.3 is 0 Å². The predicted molar refractivity (Wildman–Crippen MR) is 72.8 cm³/mol. The molecular formula is C11H16IN3O.